The van der Waals surface area contributed by atoms with E-state index in [9.17, 15) is 14.4 Å². The summed E-state index contributed by atoms with van der Waals surface area (Å²) < 4.78 is 5.31. The molecule has 1 fully saturated rings. The zero-order valence-corrected chi connectivity index (χ0v) is 13.7. The van der Waals surface area contributed by atoms with Gasteiger partial charge in [-0.2, -0.15) is 0 Å². The Balaban J connectivity index is 1.79. The van der Waals surface area contributed by atoms with Crippen LogP contribution in [0.2, 0.25) is 0 Å². The number of amides is 2. The molecule has 2 amide bonds. The van der Waals surface area contributed by atoms with Crippen LogP contribution in [0.1, 0.15) is 30.1 Å². The first-order chi connectivity index (χ1) is 11.5. The van der Waals surface area contributed by atoms with E-state index >= 15 is 0 Å². The fourth-order valence-corrected chi connectivity index (χ4v) is 2.61. The van der Waals surface area contributed by atoms with E-state index in [0.717, 1.165) is 0 Å². The Kier molecular flexibility index (Phi) is 6.17. The summed E-state index contributed by atoms with van der Waals surface area (Å²) in [5, 5.41) is 11.5. The van der Waals surface area contributed by atoms with Crippen molar-refractivity contribution in [2.24, 2.45) is 5.92 Å². The third kappa shape index (κ3) is 4.71. The summed E-state index contributed by atoms with van der Waals surface area (Å²) in [6.07, 6.45) is 0.905. The standard InChI is InChI=1S/C17H22N2O5/c1-2-24-14-5-3-12(4-6-14)16(21)18-11-15(20)19-9-7-13(8-10-19)17(22)23/h3-6,13H,2,7-11H2,1H3,(H,18,21)(H,22,23). The molecule has 1 aromatic carbocycles. The molecular weight excluding hydrogens is 312 g/mol. The first-order valence-electron chi connectivity index (χ1n) is 8.03. The van der Waals surface area contributed by atoms with Crippen LogP contribution < -0.4 is 10.1 Å². The van der Waals surface area contributed by atoms with Crippen LogP contribution in [0.15, 0.2) is 24.3 Å². The van der Waals surface area contributed by atoms with Gasteiger partial charge in [0.05, 0.1) is 19.1 Å². The Morgan fingerprint density at radius 2 is 1.83 bits per heavy atom. The Labute approximate surface area is 140 Å². The highest BCUT2D eigenvalue weighted by Gasteiger charge is 2.26. The number of carbonyl (C=O) groups excluding carboxylic acids is 2. The van der Waals surface area contributed by atoms with Gasteiger partial charge in [0.1, 0.15) is 5.75 Å². The lowest BCUT2D eigenvalue weighted by Crippen LogP contribution is -2.45. The van der Waals surface area contributed by atoms with Crippen LogP contribution in [-0.4, -0.2) is 54.0 Å². The monoisotopic (exact) mass is 334 g/mol. The van der Waals surface area contributed by atoms with Gasteiger partial charge in [-0.15, -0.1) is 0 Å². The first kappa shape index (κ1) is 17.8. The van der Waals surface area contributed by atoms with Crippen molar-refractivity contribution in [2.45, 2.75) is 19.8 Å². The normalized spacial score (nSPS) is 15.0. The van der Waals surface area contributed by atoms with Gasteiger partial charge in [0.15, 0.2) is 0 Å². The average Bonchev–Trinajstić information content (AvgIpc) is 2.60. The largest absolute Gasteiger partial charge is 0.494 e. The van der Waals surface area contributed by atoms with E-state index in [1.54, 1.807) is 29.2 Å². The van der Waals surface area contributed by atoms with E-state index in [-0.39, 0.29) is 24.3 Å². The van der Waals surface area contributed by atoms with Crippen molar-refractivity contribution in [2.75, 3.05) is 26.2 Å². The number of ether oxygens (including phenoxy) is 1. The molecule has 2 rings (SSSR count). The molecule has 0 atom stereocenters. The minimum absolute atomic E-state index is 0.0935. The molecule has 7 heteroatoms. The molecule has 0 aliphatic carbocycles. The maximum atomic E-state index is 12.1. The number of piperidine rings is 1. The van der Waals surface area contributed by atoms with Gasteiger partial charge >= 0.3 is 5.97 Å². The maximum Gasteiger partial charge on any atom is 0.306 e. The highest BCUT2D eigenvalue weighted by atomic mass is 16.5. The summed E-state index contributed by atoms with van der Waals surface area (Å²) in [6.45, 7) is 3.16. The van der Waals surface area contributed by atoms with Crippen molar-refractivity contribution in [3.63, 3.8) is 0 Å². The molecule has 0 spiro atoms. The third-order valence-electron chi connectivity index (χ3n) is 4.02. The molecule has 0 unspecified atom stereocenters. The summed E-state index contributed by atoms with van der Waals surface area (Å²) in [5.41, 5.74) is 0.454. The molecule has 130 valence electrons. The summed E-state index contributed by atoms with van der Waals surface area (Å²) >= 11 is 0. The highest BCUT2D eigenvalue weighted by molar-refractivity contribution is 5.96. The molecule has 1 aromatic rings. The van der Waals surface area contributed by atoms with Crippen molar-refractivity contribution in [3.8, 4) is 5.75 Å². The van der Waals surface area contributed by atoms with E-state index in [1.807, 2.05) is 6.92 Å². The lowest BCUT2D eigenvalue weighted by molar-refractivity contribution is -0.145. The van der Waals surface area contributed by atoms with Crippen molar-refractivity contribution in [1.82, 2.24) is 10.2 Å². The van der Waals surface area contributed by atoms with E-state index in [0.29, 0.717) is 43.9 Å². The fourth-order valence-electron chi connectivity index (χ4n) is 2.61. The molecule has 1 saturated heterocycles. The zero-order chi connectivity index (χ0) is 17.5. The summed E-state index contributed by atoms with van der Waals surface area (Å²) in [7, 11) is 0. The highest BCUT2D eigenvalue weighted by Crippen LogP contribution is 2.17. The van der Waals surface area contributed by atoms with Crippen LogP contribution in [0.4, 0.5) is 0 Å². The number of carboxylic acid groups (broad SMARTS) is 1. The van der Waals surface area contributed by atoms with Crippen LogP contribution in [0.3, 0.4) is 0 Å². The smallest absolute Gasteiger partial charge is 0.306 e. The van der Waals surface area contributed by atoms with Gasteiger partial charge in [0.2, 0.25) is 5.91 Å². The molecule has 1 aliphatic rings. The number of hydrogen-bond donors (Lipinski definition) is 2. The van der Waals surface area contributed by atoms with Gasteiger partial charge in [-0.3, -0.25) is 14.4 Å². The molecule has 0 radical (unpaired) electrons. The summed E-state index contributed by atoms with van der Waals surface area (Å²) in [4.78, 5) is 36.6. The number of nitrogens with zero attached hydrogens (tertiary/aromatic N) is 1. The van der Waals surface area contributed by atoms with Gasteiger partial charge in [0.25, 0.3) is 5.91 Å². The maximum absolute atomic E-state index is 12.1. The predicted octanol–water partition coefficient (Wildman–Crippen LogP) is 1.14. The second-order valence-corrected chi connectivity index (χ2v) is 5.63. The first-order valence-corrected chi connectivity index (χ1v) is 8.03. The zero-order valence-electron chi connectivity index (χ0n) is 13.7. The number of rotatable bonds is 6. The van der Waals surface area contributed by atoms with Gasteiger partial charge in [0, 0.05) is 18.7 Å². The second-order valence-electron chi connectivity index (χ2n) is 5.63. The molecular formula is C17H22N2O5. The fraction of sp³-hybridized carbons (Fsp3) is 0.471. The third-order valence-corrected chi connectivity index (χ3v) is 4.02. The summed E-state index contributed by atoms with van der Waals surface area (Å²) in [6, 6.07) is 6.69. The molecule has 0 saturated carbocycles. The van der Waals surface area contributed by atoms with Crippen LogP contribution in [-0.2, 0) is 9.59 Å². The van der Waals surface area contributed by atoms with Crippen LogP contribution in [0.25, 0.3) is 0 Å². The molecule has 2 N–H and O–H groups in total. The number of carboxylic acids is 1. The quantitative estimate of drug-likeness (QED) is 0.813. The summed E-state index contributed by atoms with van der Waals surface area (Å²) in [5.74, 6) is -1.03. The van der Waals surface area contributed by atoms with Crippen molar-refractivity contribution in [1.29, 1.82) is 0 Å². The number of aliphatic carboxylic acids is 1. The predicted molar refractivity (Wildman–Crippen MR) is 86.9 cm³/mol. The number of benzene rings is 1. The Bertz CT molecular complexity index is 592. The topological polar surface area (TPSA) is 95.9 Å². The van der Waals surface area contributed by atoms with Crippen molar-refractivity contribution in [3.05, 3.63) is 29.8 Å². The lowest BCUT2D eigenvalue weighted by atomic mass is 9.97. The van der Waals surface area contributed by atoms with Crippen LogP contribution in [0.5, 0.6) is 5.75 Å². The Morgan fingerprint density at radius 1 is 1.21 bits per heavy atom. The van der Waals surface area contributed by atoms with Gasteiger partial charge in [-0.25, -0.2) is 0 Å². The molecule has 1 aliphatic heterocycles. The number of hydrogen-bond acceptors (Lipinski definition) is 4. The number of likely N-dealkylation sites (tertiary alicyclic amines) is 1. The second kappa shape index (κ2) is 8.33. The minimum atomic E-state index is -0.814. The molecule has 0 aromatic heterocycles. The average molecular weight is 334 g/mol. The minimum Gasteiger partial charge on any atom is -0.494 e. The van der Waals surface area contributed by atoms with Gasteiger partial charge in [-0.1, -0.05) is 0 Å². The molecule has 24 heavy (non-hydrogen) atoms. The number of nitrogens with one attached hydrogen (secondary N) is 1. The van der Waals surface area contributed by atoms with Crippen molar-refractivity contribution >= 4 is 17.8 Å². The van der Waals surface area contributed by atoms with Crippen molar-refractivity contribution < 1.29 is 24.2 Å². The Morgan fingerprint density at radius 3 is 2.38 bits per heavy atom. The van der Waals surface area contributed by atoms with Crippen LogP contribution in [0, 0.1) is 5.92 Å². The van der Waals surface area contributed by atoms with Gasteiger partial charge in [-0.05, 0) is 44.0 Å². The molecule has 7 nitrogen and oxygen atoms in total. The molecule has 1 heterocycles. The van der Waals surface area contributed by atoms with E-state index in [2.05, 4.69) is 5.32 Å². The molecule has 0 bridgehead atoms. The van der Waals surface area contributed by atoms with Gasteiger partial charge < -0.3 is 20.1 Å². The SMILES string of the molecule is CCOc1ccc(C(=O)NCC(=O)N2CCC(C(=O)O)CC2)cc1. The lowest BCUT2D eigenvalue weighted by Gasteiger charge is -2.30. The van der Waals surface area contributed by atoms with Crippen LogP contribution >= 0.6 is 0 Å². The van der Waals surface area contributed by atoms with E-state index in [1.165, 1.54) is 0 Å². The number of carbonyl (C=O) groups is 3. The van der Waals surface area contributed by atoms with E-state index in [4.69, 9.17) is 9.84 Å². The van der Waals surface area contributed by atoms with E-state index < -0.39 is 5.97 Å². The Hall–Kier alpha value is -2.57.